The Morgan fingerprint density at radius 2 is 1.82 bits per heavy atom. The molecule has 0 atom stereocenters. The van der Waals surface area contributed by atoms with Gasteiger partial charge in [0.2, 0.25) is 5.95 Å². The van der Waals surface area contributed by atoms with Gasteiger partial charge in [-0.15, -0.1) is 0 Å². The number of benzene rings is 1. The van der Waals surface area contributed by atoms with Gasteiger partial charge >= 0.3 is 0 Å². The molecule has 1 aliphatic rings. The lowest BCUT2D eigenvalue weighted by molar-refractivity contribution is 0.555. The van der Waals surface area contributed by atoms with E-state index in [0.29, 0.717) is 5.56 Å². The molecule has 1 fully saturated rings. The fourth-order valence-corrected chi connectivity index (χ4v) is 3.14. The lowest BCUT2D eigenvalue weighted by Crippen LogP contribution is -2.30. The van der Waals surface area contributed by atoms with E-state index in [-0.39, 0.29) is 0 Å². The first-order valence-corrected chi connectivity index (χ1v) is 7.81. The van der Waals surface area contributed by atoms with Crippen LogP contribution in [0.1, 0.15) is 19.3 Å². The SMILES string of the molecule is Fc1nc(N2CCCCC2)ccc1-c1cc2ccccc2[nH]1. The van der Waals surface area contributed by atoms with E-state index in [4.69, 9.17) is 0 Å². The molecule has 112 valence electrons. The normalized spacial score (nSPS) is 15.4. The van der Waals surface area contributed by atoms with Crippen molar-refractivity contribution in [1.82, 2.24) is 9.97 Å². The minimum Gasteiger partial charge on any atom is -0.357 e. The van der Waals surface area contributed by atoms with Crippen LogP contribution < -0.4 is 4.90 Å². The van der Waals surface area contributed by atoms with E-state index in [1.165, 1.54) is 6.42 Å². The Bertz CT molecular complexity index is 770. The topological polar surface area (TPSA) is 31.9 Å². The Morgan fingerprint density at radius 1 is 1.00 bits per heavy atom. The molecule has 0 saturated carbocycles. The number of nitrogens with one attached hydrogen (secondary N) is 1. The van der Waals surface area contributed by atoms with Crippen molar-refractivity contribution in [1.29, 1.82) is 0 Å². The first kappa shape index (κ1) is 13.3. The second-order valence-corrected chi connectivity index (χ2v) is 5.83. The third-order valence-corrected chi connectivity index (χ3v) is 4.33. The molecule has 0 spiro atoms. The minimum absolute atomic E-state index is 0.408. The highest BCUT2D eigenvalue weighted by Crippen LogP contribution is 2.27. The van der Waals surface area contributed by atoms with Gasteiger partial charge < -0.3 is 9.88 Å². The Labute approximate surface area is 128 Å². The molecule has 22 heavy (non-hydrogen) atoms. The van der Waals surface area contributed by atoms with Gasteiger partial charge in [-0.1, -0.05) is 18.2 Å². The van der Waals surface area contributed by atoms with Crippen LogP contribution in [0.3, 0.4) is 0 Å². The van der Waals surface area contributed by atoms with Gasteiger partial charge in [-0.25, -0.2) is 4.98 Å². The number of para-hydroxylation sites is 1. The summed E-state index contributed by atoms with van der Waals surface area (Å²) >= 11 is 0. The van der Waals surface area contributed by atoms with Crippen LogP contribution in [0.2, 0.25) is 0 Å². The predicted molar refractivity (Wildman–Crippen MR) is 87.6 cm³/mol. The Balaban J connectivity index is 1.70. The lowest BCUT2D eigenvalue weighted by atomic mass is 10.1. The standard InChI is InChI=1S/C18H18FN3/c19-18-14(16-12-13-6-2-3-7-15(13)20-16)8-9-17(21-18)22-10-4-1-5-11-22/h2-3,6-9,12,20H,1,4-5,10-11H2. The Morgan fingerprint density at radius 3 is 2.59 bits per heavy atom. The molecule has 4 rings (SSSR count). The summed E-state index contributed by atoms with van der Waals surface area (Å²) in [5, 5.41) is 1.08. The first-order valence-electron chi connectivity index (χ1n) is 7.81. The molecular weight excluding hydrogens is 277 g/mol. The highest BCUT2D eigenvalue weighted by Gasteiger charge is 2.15. The fraction of sp³-hybridized carbons (Fsp3) is 0.278. The summed E-state index contributed by atoms with van der Waals surface area (Å²) in [6.07, 6.45) is 3.58. The molecule has 2 aromatic heterocycles. The van der Waals surface area contributed by atoms with Crippen molar-refractivity contribution in [2.24, 2.45) is 0 Å². The van der Waals surface area contributed by atoms with Crippen LogP contribution in [-0.4, -0.2) is 23.1 Å². The molecule has 0 amide bonds. The van der Waals surface area contributed by atoms with E-state index in [9.17, 15) is 4.39 Å². The molecule has 0 aliphatic carbocycles. The summed E-state index contributed by atoms with van der Waals surface area (Å²) in [7, 11) is 0. The predicted octanol–water partition coefficient (Wildman–Crippen LogP) is 4.36. The maximum absolute atomic E-state index is 14.5. The zero-order valence-electron chi connectivity index (χ0n) is 12.3. The van der Waals surface area contributed by atoms with Gasteiger partial charge in [0, 0.05) is 24.0 Å². The molecule has 1 saturated heterocycles. The van der Waals surface area contributed by atoms with Crippen molar-refractivity contribution in [3.8, 4) is 11.3 Å². The Hall–Kier alpha value is -2.36. The van der Waals surface area contributed by atoms with Gasteiger partial charge in [0.25, 0.3) is 0 Å². The summed E-state index contributed by atoms with van der Waals surface area (Å²) in [6, 6.07) is 13.7. The number of halogens is 1. The number of hydrogen-bond donors (Lipinski definition) is 1. The zero-order chi connectivity index (χ0) is 14.9. The number of nitrogens with zero attached hydrogens (tertiary/aromatic N) is 2. The van der Waals surface area contributed by atoms with Crippen LogP contribution in [0.25, 0.3) is 22.2 Å². The number of aromatic amines is 1. The van der Waals surface area contributed by atoms with Crippen molar-refractivity contribution in [2.45, 2.75) is 19.3 Å². The van der Waals surface area contributed by atoms with Crippen molar-refractivity contribution >= 4 is 16.7 Å². The van der Waals surface area contributed by atoms with Crippen LogP contribution in [-0.2, 0) is 0 Å². The average Bonchev–Trinajstić information content (AvgIpc) is 2.99. The second kappa shape index (κ2) is 5.44. The maximum atomic E-state index is 14.5. The van der Waals surface area contributed by atoms with Gasteiger partial charge in [-0.2, -0.15) is 4.39 Å². The number of piperidine rings is 1. The molecule has 3 nitrogen and oxygen atoms in total. The molecular formula is C18H18FN3. The van der Waals surface area contributed by atoms with E-state index < -0.39 is 5.95 Å². The second-order valence-electron chi connectivity index (χ2n) is 5.83. The van der Waals surface area contributed by atoms with Crippen molar-refractivity contribution in [2.75, 3.05) is 18.0 Å². The van der Waals surface area contributed by atoms with Crippen molar-refractivity contribution in [3.63, 3.8) is 0 Å². The number of aromatic nitrogens is 2. The molecule has 3 heterocycles. The third-order valence-electron chi connectivity index (χ3n) is 4.33. The molecule has 1 N–H and O–H groups in total. The van der Waals surface area contributed by atoms with E-state index in [1.807, 2.05) is 42.5 Å². The van der Waals surface area contributed by atoms with Crippen LogP contribution in [0.4, 0.5) is 10.2 Å². The largest absolute Gasteiger partial charge is 0.357 e. The average molecular weight is 295 g/mol. The van der Waals surface area contributed by atoms with Crippen LogP contribution in [0.5, 0.6) is 0 Å². The molecule has 0 radical (unpaired) electrons. The molecule has 3 aromatic rings. The maximum Gasteiger partial charge on any atom is 0.224 e. The fourth-order valence-electron chi connectivity index (χ4n) is 3.14. The monoisotopic (exact) mass is 295 g/mol. The highest BCUT2D eigenvalue weighted by molar-refractivity contribution is 5.85. The summed E-state index contributed by atoms with van der Waals surface area (Å²) in [6.45, 7) is 1.94. The quantitative estimate of drug-likeness (QED) is 0.712. The minimum atomic E-state index is -0.408. The van der Waals surface area contributed by atoms with E-state index in [2.05, 4.69) is 14.9 Å². The molecule has 1 aliphatic heterocycles. The summed E-state index contributed by atoms with van der Waals surface area (Å²) in [5.41, 5.74) is 2.31. The van der Waals surface area contributed by atoms with E-state index in [1.54, 1.807) is 0 Å². The first-order chi connectivity index (χ1) is 10.8. The summed E-state index contributed by atoms with van der Waals surface area (Å²) in [4.78, 5) is 9.61. The summed E-state index contributed by atoms with van der Waals surface area (Å²) < 4.78 is 14.5. The molecule has 4 heteroatoms. The number of pyridine rings is 1. The number of hydrogen-bond acceptors (Lipinski definition) is 2. The lowest BCUT2D eigenvalue weighted by Gasteiger charge is -2.27. The third kappa shape index (κ3) is 2.34. The molecule has 1 aromatic carbocycles. The highest BCUT2D eigenvalue weighted by atomic mass is 19.1. The van der Waals surface area contributed by atoms with E-state index >= 15 is 0 Å². The molecule has 0 bridgehead atoms. The van der Waals surface area contributed by atoms with Gasteiger partial charge in [-0.05, 0) is 43.5 Å². The number of anilines is 1. The number of H-pyrrole nitrogens is 1. The molecule has 0 unspecified atom stereocenters. The van der Waals surface area contributed by atoms with Crippen LogP contribution >= 0.6 is 0 Å². The van der Waals surface area contributed by atoms with E-state index in [0.717, 1.165) is 48.3 Å². The zero-order valence-corrected chi connectivity index (χ0v) is 12.3. The van der Waals surface area contributed by atoms with Gasteiger partial charge in [-0.3, -0.25) is 0 Å². The Kier molecular flexibility index (Phi) is 3.29. The number of rotatable bonds is 2. The van der Waals surface area contributed by atoms with Gasteiger partial charge in [0.1, 0.15) is 5.82 Å². The van der Waals surface area contributed by atoms with Crippen molar-refractivity contribution in [3.05, 3.63) is 48.4 Å². The van der Waals surface area contributed by atoms with Gasteiger partial charge in [0.05, 0.1) is 11.3 Å². The van der Waals surface area contributed by atoms with Crippen molar-refractivity contribution < 1.29 is 4.39 Å². The smallest absolute Gasteiger partial charge is 0.224 e. The van der Waals surface area contributed by atoms with Gasteiger partial charge in [0.15, 0.2) is 0 Å². The van der Waals surface area contributed by atoms with Crippen LogP contribution in [0, 0.1) is 5.95 Å². The summed E-state index contributed by atoms with van der Waals surface area (Å²) in [5.74, 6) is 0.340. The van der Waals surface area contributed by atoms with Crippen LogP contribution in [0.15, 0.2) is 42.5 Å². The number of fused-ring (bicyclic) bond motifs is 1.